The van der Waals surface area contributed by atoms with E-state index in [1.165, 1.54) is 6.08 Å². The van der Waals surface area contributed by atoms with Crippen LogP contribution in [0.4, 0.5) is 5.69 Å². The number of nitrogens with zero attached hydrogens (tertiary/aromatic N) is 1. The van der Waals surface area contributed by atoms with E-state index < -0.39 is 5.91 Å². The molecule has 0 bridgehead atoms. The first kappa shape index (κ1) is 20.2. The summed E-state index contributed by atoms with van der Waals surface area (Å²) in [5, 5.41) is 12.7. The van der Waals surface area contributed by atoms with E-state index in [-0.39, 0.29) is 5.57 Å². The molecule has 0 unspecified atom stereocenters. The van der Waals surface area contributed by atoms with E-state index in [4.69, 9.17) is 16.3 Å². The number of hydrogen-bond acceptors (Lipinski definition) is 3. The van der Waals surface area contributed by atoms with Crippen LogP contribution in [0, 0.1) is 18.3 Å². The number of anilines is 1. The molecule has 144 valence electrons. The zero-order valence-corrected chi connectivity index (χ0v) is 16.6. The summed E-state index contributed by atoms with van der Waals surface area (Å²) >= 11 is 6.09. The van der Waals surface area contributed by atoms with E-state index in [9.17, 15) is 10.1 Å². The molecule has 29 heavy (non-hydrogen) atoms. The van der Waals surface area contributed by atoms with Crippen molar-refractivity contribution in [1.29, 1.82) is 5.26 Å². The smallest absolute Gasteiger partial charge is 0.266 e. The quantitative estimate of drug-likeness (QED) is 0.420. The Morgan fingerprint density at radius 2 is 1.86 bits per heavy atom. The molecule has 0 radical (unpaired) electrons. The lowest BCUT2D eigenvalue weighted by Gasteiger charge is -2.09. The number of carbonyl (C=O) groups excluding carboxylic acids is 1. The molecule has 0 aliphatic rings. The van der Waals surface area contributed by atoms with Crippen LogP contribution in [0.1, 0.15) is 16.7 Å². The van der Waals surface area contributed by atoms with Crippen LogP contribution in [0.5, 0.6) is 5.75 Å². The number of nitrogens with one attached hydrogen (secondary N) is 1. The van der Waals surface area contributed by atoms with Crippen LogP contribution < -0.4 is 10.1 Å². The molecule has 0 atom stereocenters. The Balaban J connectivity index is 1.74. The summed E-state index contributed by atoms with van der Waals surface area (Å²) in [4.78, 5) is 12.5. The summed E-state index contributed by atoms with van der Waals surface area (Å²) in [6, 6.07) is 24.3. The molecule has 0 spiro atoms. The van der Waals surface area contributed by atoms with Gasteiger partial charge in [-0.15, -0.1) is 0 Å². The highest BCUT2D eigenvalue weighted by Crippen LogP contribution is 2.24. The molecule has 0 aromatic heterocycles. The molecule has 0 fully saturated rings. The lowest BCUT2D eigenvalue weighted by molar-refractivity contribution is -0.112. The number of amides is 1. The summed E-state index contributed by atoms with van der Waals surface area (Å²) < 4.78 is 5.81. The maximum absolute atomic E-state index is 12.5. The van der Waals surface area contributed by atoms with Gasteiger partial charge in [-0.2, -0.15) is 5.26 Å². The SMILES string of the molecule is Cc1c(Cl)cccc1NC(=O)/C(C#N)=C\c1cccc(OCc2ccccc2)c1. The van der Waals surface area contributed by atoms with Crippen molar-refractivity contribution in [3.63, 3.8) is 0 Å². The number of hydrogen-bond donors (Lipinski definition) is 1. The van der Waals surface area contributed by atoms with Crippen molar-refractivity contribution in [3.05, 3.63) is 100 Å². The van der Waals surface area contributed by atoms with Gasteiger partial charge in [0.1, 0.15) is 24.0 Å². The standard InChI is InChI=1S/C24H19ClN2O2/c1-17-22(25)11-6-12-23(17)27-24(28)20(15-26)13-19-9-5-10-21(14-19)29-16-18-7-3-2-4-8-18/h2-14H,16H2,1H3,(H,27,28)/b20-13-. The molecule has 1 amide bonds. The second-order valence-electron chi connectivity index (χ2n) is 6.38. The first-order valence-corrected chi connectivity index (χ1v) is 9.39. The van der Waals surface area contributed by atoms with E-state index in [0.29, 0.717) is 28.6 Å². The second kappa shape index (κ2) is 9.59. The molecule has 0 saturated carbocycles. The Labute approximate surface area is 175 Å². The number of ether oxygens (including phenoxy) is 1. The second-order valence-corrected chi connectivity index (χ2v) is 6.79. The molecule has 3 aromatic rings. The number of benzene rings is 3. The number of carbonyl (C=O) groups is 1. The first-order valence-electron chi connectivity index (χ1n) is 9.02. The molecule has 0 saturated heterocycles. The Morgan fingerprint density at radius 1 is 1.10 bits per heavy atom. The third-order valence-corrected chi connectivity index (χ3v) is 4.71. The number of rotatable bonds is 6. The fraction of sp³-hybridized carbons (Fsp3) is 0.0833. The summed E-state index contributed by atoms with van der Waals surface area (Å²) in [6.07, 6.45) is 1.53. The lowest BCUT2D eigenvalue weighted by Crippen LogP contribution is -2.14. The van der Waals surface area contributed by atoms with Gasteiger partial charge in [0.2, 0.25) is 0 Å². The van der Waals surface area contributed by atoms with Crippen molar-refractivity contribution >= 4 is 29.3 Å². The van der Waals surface area contributed by atoms with Crippen molar-refractivity contribution < 1.29 is 9.53 Å². The molecule has 3 aromatic carbocycles. The van der Waals surface area contributed by atoms with Gasteiger partial charge in [-0.3, -0.25) is 4.79 Å². The van der Waals surface area contributed by atoms with Crippen LogP contribution in [0.2, 0.25) is 5.02 Å². The Bertz CT molecular complexity index is 1090. The maximum atomic E-state index is 12.5. The molecule has 1 N–H and O–H groups in total. The zero-order valence-electron chi connectivity index (χ0n) is 15.9. The average molecular weight is 403 g/mol. The normalized spacial score (nSPS) is 10.9. The van der Waals surface area contributed by atoms with Gasteiger partial charge in [0.25, 0.3) is 5.91 Å². The maximum Gasteiger partial charge on any atom is 0.266 e. The molecule has 5 heteroatoms. The van der Waals surface area contributed by atoms with Crippen LogP contribution in [-0.4, -0.2) is 5.91 Å². The minimum Gasteiger partial charge on any atom is -0.489 e. The highest BCUT2D eigenvalue weighted by atomic mass is 35.5. The molecule has 4 nitrogen and oxygen atoms in total. The van der Waals surface area contributed by atoms with Crippen LogP contribution in [0.3, 0.4) is 0 Å². The van der Waals surface area contributed by atoms with Gasteiger partial charge in [0.05, 0.1) is 0 Å². The van der Waals surface area contributed by atoms with Gasteiger partial charge in [-0.1, -0.05) is 60.1 Å². The van der Waals surface area contributed by atoms with Gasteiger partial charge < -0.3 is 10.1 Å². The first-order chi connectivity index (χ1) is 14.1. The lowest BCUT2D eigenvalue weighted by atomic mass is 10.1. The Hall–Kier alpha value is -3.55. The van der Waals surface area contributed by atoms with E-state index in [1.807, 2.05) is 54.6 Å². The summed E-state index contributed by atoms with van der Waals surface area (Å²) in [7, 11) is 0. The van der Waals surface area contributed by atoms with Crippen LogP contribution in [-0.2, 0) is 11.4 Å². The van der Waals surface area contributed by atoms with E-state index in [1.54, 1.807) is 31.2 Å². The molecular weight excluding hydrogens is 384 g/mol. The van der Waals surface area contributed by atoms with Crippen molar-refractivity contribution in [2.45, 2.75) is 13.5 Å². The van der Waals surface area contributed by atoms with Gasteiger partial charge >= 0.3 is 0 Å². The zero-order chi connectivity index (χ0) is 20.6. The monoisotopic (exact) mass is 402 g/mol. The van der Waals surface area contributed by atoms with Crippen molar-refractivity contribution in [2.24, 2.45) is 0 Å². The molecule has 0 heterocycles. The summed E-state index contributed by atoms with van der Waals surface area (Å²) in [5.41, 5.74) is 3.07. The number of nitriles is 1. The fourth-order valence-corrected chi connectivity index (χ4v) is 2.86. The minimum absolute atomic E-state index is 0.00964. The van der Waals surface area contributed by atoms with Crippen molar-refractivity contribution in [3.8, 4) is 11.8 Å². The highest BCUT2D eigenvalue weighted by Gasteiger charge is 2.12. The summed E-state index contributed by atoms with van der Waals surface area (Å²) in [5.74, 6) is 0.166. The minimum atomic E-state index is -0.492. The Morgan fingerprint density at radius 3 is 2.62 bits per heavy atom. The summed E-state index contributed by atoms with van der Waals surface area (Å²) in [6.45, 7) is 2.24. The van der Waals surface area contributed by atoms with Crippen LogP contribution in [0.25, 0.3) is 6.08 Å². The van der Waals surface area contributed by atoms with Gasteiger partial charge in [0.15, 0.2) is 0 Å². The fourth-order valence-electron chi connectivity index (χ4n) is 2.68. The molecule has 0 aliphatic carbocycles. The largest absolute Gasteiger partial charge is 0.489 e. The predicted octanol–water partition coefficient (Wildman–Crippen LogP) is 5.77. The van der Waals surface area contributed by atoms with Crippen molar-refractivity contribution in [1.82, 2.24) is 0 Å². The van der Waals surface area contributed by atoms with E-state index >= 15 is 0 Å². The number of halogens is 1. The Kier molecular flexibility index (Phi) is 6.67. The predicted molar refractivity (Wildman–Crippen MR) is 116 cm³/mol. The molecular formula is C24H19ClN2O2. The average Bonchev–Trinajstić information content (AvgIpc) is 2.75. The van der Waals surface area contributed by atoms with Crippen LogP contribution in [0.15, 0.2) is 78.4 Å². The van der Waals surface area contributed by atoms with Gasteiger partial charge in [-0.25, -0.2) is 0 Å². The third kappa shape index (κ3) is 5.47. The van der Waals surface area contributed by atoms with E-state index in [0.717, 1.165) is 11.1 Å². The topological polar surface area (TPSA) is 62.1 Å². The molecule has 3 rings (SSSR count). The van der Waals surface area contributed by atoms with Gasteiger partial charge in [0, 0.05) is 10.7 Å². The van der Waals surface area contributed by atoms with Gasteiger partial charge in [-0.05, 0) is 54.0 Å². The molecule has 0 aliphatic heterocycles. The highest BCUT2D eigenvalue weighted by molar-refractivity contribution is 6.31. The third-order valence-electron chi connectivity index (χ3n) is 4.30. The van der Waals surface area contributed by atoms with Crippen molar-refractivity contribution in [2.75, 3.05) is 5.32 Å². The van der Waals surface area contributed by atoms with E-state index in [2.05, 4.69) is 5.32 Å². The van der Waals surface area contributed by atoms with Crippen LogP contribution >= 0.6 is 11.6 Å².